The van der Waals surface area contributed by atoms with Gasteiger partial charge in [0.05, 0.1) is 6.10 Å². The molecule has 0 radical (unpaired) electrons. The van der Waals surface area contributed by atoms with Crippen LogP contribution in [0.3, 0.4) is 0 Å². The Kier molecular flexibility index (Phi) is 3.66. The lowest BCUT2D eigenvalue weighted by molar-refractivity contribution is 0.171. The molecule has 0 bridgehead atoms. The molecule has 4 nitrogen and oxygen atoms in total. The maximum atomic E-state index is 9.98. The average molecular weight is 235 g/mol. The van der Waals surface area contributed by atoms with E-state index in [0.29, 0.717) is 18.8 Å². The summed E-state index contributed by atoms with van der Waals surface area (Å²) in [6.07, 6.45) is -0.552. The molecule has 0 aliphatic carbocycles. The monoisotopic (exact) mass is 235 g/mol. The van der Waals surface area contributed by atoms with Gasteiger partial charge in [0.1, 0.15) is 0 Å². The van der Waals surface area contributed by atoms with E-state index in [1.807, 2.05) is 25.1 Å². The predicted molar refractivity (Wildman–Crippen MR) is 65.2 cm³/mol. The highest BCUT2D eigenvalue weighted by Crippen LogP contribution is 2.33. The molecule has 1 aliphatic heterocycles. The molecule has 1 aromatic carbocycles. The Bertz CT molecular complexity index is 417. The van der Waals surface area contributed by atoms with Crippen molar-refractivity contribution < 1.29 is 14.6 Å². The number of aliphatic hydroxyl groups excluding tert-OH is 1. The molecule has 2 N–H and O–H groups in total. The number of rotatable bonds is 5. The maximum Gasteiger partial charge on any atom is 0.231 e. The molecule has 1 aromatic rings. The van der Waals surface area contributed by atoms with Crippen molar-refractivity contribution in [1.29, 1.82) is 0 Å². The Morgan fingerprint density at radius 2 is 2.24 bits per heavy atom. The van der Waals surface area contributed by atoms with E-state index in [9.17, 15) is 5.11 Å². The molecule has 0 saturated heterocycles. The van der Waals surface area contributed by atoms with Gasteiger partial charge >= 0.3 is 0 Å². The summed E-state index contributed by atoms with van der Waals surface area (Å²) in [6.45, 7) is 7.19. The molecule has 1 unspecified atom stereocenters. The number of benzene rings is 1. The number of ether oxygens (including phenoxy) is 2. The molecule has 1 atom stereocenters. The summed E-state index contributed by atoms with van der Waals surface area (Å²) in [6, 6.07) is 5.48. The lowest BCUT2D eigenvalue weighted by Crippen LogP contribution is -2.22. The van der Waals surface area contributed by atoms with Crippen molar-refractivity contribution in [3.63, 3.8) is 0 Å². The van der Waals surface area contributed by atoms with Crippen LogP contribution in [0.4, 0.5) is 0 Å². The van der Waals surface area contributed by atoms with E-state index in [0.717, 1.165) is 16.9 Å². The molecule has 0 fully saturated rings. The minimum atomic E-state index is -0.552. The summed E-state index contributed by atoms with van der Waals surface area (Å²) in [5.74, 6) is 1.43. The van der Waals surface area contributed by atoms with Crippen molar-refractivity contribution in [2.45, 2.75) is 13.0 Å². The average Bonchev–Trinajstić information content (AvgIpc) is 2.75. The Morgan fingerprint density at radius 1 is 1.47 bits per heavy atom. The summed E-state index contributed by atoms with van der Waals surface area (Å²) in [5.41, 5.74) is 1.87. The summed E-state index contributed by atoms with van der Waals surface area (Å²) in [7, 11) is 0. The van der Waals surface area contributed by atoms with E-state index in [1.54, 1.807) is 0 Å². The highest BCUT2D eigenvalue weighted by Gasteiger charge is 2.16. The first kappa shape index (κ1) is 12.0. The molecule has 92 valence electrons. The second kappa shape index (κ2) is 5.21. The van der Waals surface area contributed by atoms with E-state index in [4.69, 9.17) is 9.47 Å². The lowest BCUT2D eigenvalue weighted by Gasteiger charge is -2.12. The summed E-state index contributed by atoms with van der Waals surface area (Å²) < 4.78 is 10.5. The van der Waals surface area contributed by atoms with Gasteiger partial charge < -0.3 is 19.9 Å². The van der Waals surface area contributed by atoms with Crippen LogP contribution < -0.4 is 14.8 Å². The van der Waals surface area contributed by atoms with Gasteiger partial charge in [0.15, 0.2) is 11.5 Å². The van der Waals surface area contributed by atoms with Crippen molar-refractivity contribution in [3.8, 4) is 11.5 Å². The van der Waals surface area contributed by atoms with Crippen molar-refractivity contribution in [3.05, 3.63) is 35.9 Å². The fraction of sp³-hybridized carbons (Fsp3) is 0.385. The molecule has 1 heterocycles. The van der Waals surface area contributed by atoms with E-state index in [-0.39, 0.29) is 6.79 Å². The quantitative estimate of drug-likeness (QED) is 0.761. The van der Waals surface area contributed by atoms with Gasteiger partial charge in [0, 0.05) is 13.1 Å². The third-order valence-electron chi connectivity index (χ3n) is 2.55. The second-order valence-corrected chi connectivity index (χ2v) is 4.22. The van der Waals surface area contributed by atoms with Crippen LogP contribution in [-0.4, -0.2) is 25.0 Å². The van der Waals surface area contributed by atoms with Crippen molar-refractivity contribution in [1.82, 2.24) is 5.32 Å². The second-order valence-electron chi connectivity index (χ2n) is 4.22. The highest BCUT2D eigenvalue weighted by molar-refractivity contribution is 5.45. The molecule has 2 rings (SSSR count). The zero-order valence-corrected chi connectivity index (χ0v) is 9.90. The van der Waals surface area contributed by atoms with Crippen LogP contribution in [-0.2, 0) is 0 Å². The lowest BCUT2D eigenvalue weighted by atomic mass is 10.1. The molecule has 0 amide bonds. The van der Waals surface area contributed by atoms with Crippen LogP contribution in [0.5, 0.6) is 11.5 Å². The van der Waals surface area contributed by atoms with E-state index < -0.39 is 6.10 Å². The third kappa shape index (κ3) is 2.99. The van der Waals surface area contributed by atoms with Crippen molar-refractivity contribution in [2.75, 3.05) is 19.9 Å². The first-order chi connectivity index (χ1) is 8.16. The molecule has 4 heteroatoms. The van der Waals surface area contributed by atoms with Crippen LogP contribution >= 0.6 is 0 Å². The smallest absolute Gasteiger partial charge is 0.231 e. The molecule has 1 aliphatic rings. The molecular formula is C13H17NO3. The van der Waals surface area contributed by atoms with Gasteiger partial charge in [-0.2, -0.15) is 0 Å². The number of fused-ring (bicyclic) bond motifs is 1. The van der Waals surface area contributed by atoms with Crippen LogP contribution in [0.25, 0.3) is 0 Å². The Morgan fingerprint density at radius 3 is 3.00 bits per heavy atom. The highest BCUT2D eigenvalue weighted by atomic mass is 16.7. The zero-order chi connectivity index (χ0) is 12.3. The van der Waals surface area contributed by atoms with Crippen LogP contribution in [0.2, 0.25) is 0 Å². The largest absolute Gasteiger partial charge is 0.454 e. The minimum absolute atomic E-state index is 0.253. The first-order valence-corrected chi connectivity index (χ1v) is 5.59. The fourth-order valence-corrected chi connectivity index (χ4v) is 1.66. The fourth-order valence-electron chi connectivity index (χ4n) is 1.66. The number of nitrogens with one attached hydrogen (secondary N) is 1. The number of aliphatic hydroxyl groups is 1. The molecule has 17 heavy (non-hydrogen) atoms. The van der Waals surface area contributed by atoms with Crippen LogP contribution in [0.15, 0.2) is 30.4 Å². The molecular weight excluding hydrogens is 218 g/mol. The summed E-state index contributed by atoms with van der Waals surface area (Å²) in [5, 5.41) is 13.1. The van der Waals surface area contributed by atoms with Crippen LogP contribution in [0, 0.1) is 0 Å². The standard InChI is InChI=1S/C13H17NO3/c1-9(2)6-14-7-11(15)10-3-4-12-13(5-10)17-8-16-12/h3-5,11,14-15H,1,6-8H2,2H3. The van der Waals surface area contributed by atoms with E-state index in [2.05, 4.69) is 11.9 Å². The maximum absolute atomic E-state index is 9.98. The van der Waals surface area contributed by atoms with Gasteiger partial charge in [0.25, 0.3) is 0 Å². The van der Waals surface area contributed by atoms with Gasteiger partial charge in [-0.1, -0.05) is 18.2 Å². The van der Waals surface area contributed by atoms with Crippen LogP contribution in [0.1, 0.15) is 18.6 Å². The van der Waals surface area contributed by atoms with Gasteiger partial charge in [-0.25, -0.2) is 0 Å². The minimum Gasteiger partial charge on any atom is -0.454 e. The summed E-state index contributed by atoms with van der Waals surface area (Å²) in [4.78, 5) is 0. The first-order valence-electron chi connectivity index (χ1n) is 5.59. The zero-order valence-electron chi connectivity index (χ0n) is 9.90. The van der Waals surface area contributed by atoms with Crippen molar-refractivity contribution in [2.24, 2.45) is 0 Å². The SMILES string of the molecule is C=C(C)CNCC(O)c1ccc2c(c1)OCO2. The summed E-state index contributed by atoms with van der Waals surface area (Å²) >= 11 is 0. The topological polar surface area (TPSA) is 50.7 Å². The molecule has 0 aromatic heterocycles. The normalized spacial score (nSPS) is 14.7. The Hall–Kier alpha value is -1.52. The molecule has 0 spiro atoms. The third-order valence-corrected chi connectivity index (χ3v) is 2.55. The van der Waals surface area contributed by atoms with E-state index >= 15 is 0 Å². The predicted octanol–water partition coefficient (Wildman–Crippen LogP) is 1.61. The van der Waals surface area contributed by atoms with Gasteiger partial charge in [-0.15, -0.1) is 0 Å². The number of hydrogen-bond donors (Lipinski definition) is 2. The van der Waals surface area contributed by atoms with Crippen molar-refractivity contribution >= 4 is 0 Å². The van der Waals surface area contributed by atoms with Gasteiger partial charge in [-0.05, 0) is 24.6 Å². The number of hydrogen-bond acceptors (Lipinski definition) is 4. The van der Waals surface area contributed by atoms with Gasteiger partial charge in [-0.3, -0.25) is 0 Å². The Balaban J connectivity index is 1.95. The van der Waals surface area contributed by atoms with E-state index in [1.165, 1.54) is 0 Å². The van der Waals surface area contributed by atoms with Gasteiger partial charge in [0.2, 0.25) is 6.79 Å². The Labute approximate surface area is 101 Å². The molecule has 0 saturated carbocycles.